The molecule has 0 saturated carbocycles. The maximum absolute atomic E-state index is 6.43. The van der Waals surface area contributed by atoms with Crippen LogP contribution in [0.15, 0.2) is 42.7 Å². The molecule has 3 heterocycles. The lowest BCUT2D eigenvalue weighted by molar-refractivity contribution is 0.920. The molecule has 0 atom stereocenters. The van der Waals surface area contributed by atoms with E-state index in [2.05, 4.69) is 26.4 Å². The quantitative estimate of drug-likeness (QED) is 0.295. The maximum Gasteiger partial charge on any atom is 0.138 e. The van der Waals surface area contributed by atoms with Gasteiger partial charge in [-0.3, -0.25) is 4.98 Å². The summed E-state index contributed by atoms with van der Waals surface area (Å²) in [5.41, 5.74) is 3.64. The van der Waals surface area contributed by atoms with Gasteiger partial charge in [0.15, 0.2) is 0 Å². The summed E-state index contributed by atoms with van der Waals surface area (Å²) in [6.07, 6.45) is 3.61. The third-order valence-electron chi connectivity index (χ3n) is 4.24. The molecule has 26 heavy (non-hydrogen) atoms. The highest BCUT2D eigenvalue weighted by Gasteiger charge is 2.18. The number of benzene rings is 1. The van der Waals surface area contributed by atoms with Crippen LogP contribution in [0.25, 0.3) is 32.9 Å². The fourth-order valence-electron chi connectivity index (χ4n) is 3.19. The van der Waals surface area contributed by atoms with Crippen LogP contribution < -0.4 is 0 Å². The van der Waals surface area contributed by atoms with Crippen molar-refractivity contribution < 1.29 is 0 Å². The smallest absolute Gasteiger partial charge is 0.138 e. The summed E-state index contributed by atoms with van der Waals surface area (Å²) in [4.78, 5) is 8.44. The molecular weight excluding hydrogens is 389 g/mol. The molecule has 0 radical (unpaired) electrons. The van der Waals surface area contributed by atoms with Gasteiger partial charge in [-0.1, -0.05) is 40.7 Å². The standard InChI is InChI=1S/C20H12Cl3N3/c1-2-3-8-26-17-11-24-7-6-13(17)15-9-12(21)10-16(19(15)26)14-4-5-18(22)25-20(14)23/h4-7,9-11H,8H2,1H3. The van der Waals surface area contributed by atoms with E-state index in [1.165, 1.54) is 0 Å². The SMILES string of the molecule is CC#CCn1c2cnccc2c2cc(Cl)cc(-c3ccc(Cl)nc3Cl)c21. The summed E-state index contributed by atoms with van der Waals surface area (Å²) >= 11 is 18.8. The Morgan fingerprint density at radius 2 is 1.88 bits per heavy atom. The topological polar surface area (TPSA) is 30.7 Å². The number of aromatic nitrogens is 3. The Morgan fingerprint density at radius 3 is 2.65 bits per heavy atom. The van der Waals surface area contributed by atoms with Crippen molar-refractivity contribution in [3.05, 3.63) is 58.1 Å². The number of halogens is 3. The van der Waals surface area contributed by atoms with Crippen molar-refractivity contribution in [3.63, 3.8) is 0 Å². The van der Waals surface area contributed by atoms with Crippen LogP contribution in [0.2, 0.25) is 15.3 Å². The van der Waals surface area contributed by atoms with Crippen LogP contribution in [0, 0.1) is 11.8 Å². The molecule has 0 aliphatic rings. The lowest BCUT2D eigenvalue weighted by atomic mass is 10.0. The number of fused-ring (bicyclic) bond motifs is 3. The van der Waals surface area contributed by atoms with Crippen molar-refractivity contribution >= 4 is 56.6 Å². The minimum Gasteiger partial charge on any atom is -0.327 e. The molecule has 0 N–H and O–H groups in total. The molecule has 0 fully saturated rings. The highest BCUT2D eigenvalue weighted by molar-refractivity contribution is 6.36. The molecular formula is C20H12Cl3N3. The number of nitrogens with zero attached hydrogens (tertiary/aromatic N) is 3. The Kier molecular flexibility index (Phi) is 4.50. The second-order valence-electron chi connectivity index (χ2n) is 5.73. The molecule has 0 aliphatic carbocycles. The molecule has 3 aromatic heterocycles. The van der Waals surface area contributed by atoms with Crippen molar-refractivity contribution in [2.45, 2.75) is 13.5 Å². The van der Waals surface area contributed by atoms with Gasteiger partial charge in [-0.05, 0) is 37.3 Å². The van der Waals surface area contributed by atoms with E-state index in [4.69, 9.17) is 34.8 Å². The number of pyridine rings is 2. The number of rotatable bonds is 2. The molecule has 1 aromatic carbocycles. The van der Waals surface area contributed by atoms with Crippen LogP contribution in [-0.4, -0.2) is 14.5 Å². The largest absolute Gasteiger partial charge is 0.327 e. The van der Waals surface area contributed by atoms with Gasteiger partial charge in [-0.15, -0.1) is 5.92 Å². The van der Waals surface area contributed by atoms with E-state index in [0.29, 0.717) is 21.9 Å². The third-order valence-corrected chi connectivity index (χ3v) is 4.96. The van der Waals surface area contributed by atoms with Gasteiger partial charge in [0, 0.05) is 33.1 Å². The van der Waals surface area contributed by atoms with E-state index in [9.17, 15) is 0 Å². The van der Waals surface area contributed by atoms with E-state index in [-0.39, 0.29) is 0 Å². The predicted octanol–water partition coefficient (Wildman–Crippen LogP) is 6.24. The first kappa shape index (κ1) is 17.2. The molecule has 3 nitrogen and oxygen atoms in total. The lowest BCUT2D eigenvalue weighted by Crippen LogP contribution is -1.97. The molecule has 4 aromatic rings. The Hall–Kier alpha value is -2.25. The normalized spacial score (nSPS) is 10.9. The zero-order valence-electron chi connectivity index (χ0n) is 13.7. The molecule has 0 bridgehead atoms. The molecule has 0 spiro atoms. The lowest BCUT2D eigenvalue weighted by Gasteiger charge is -2.11. The van der Waals surface area contributed by atoms with Crippen LogP contribution in [0.1, 0.15) is 6.92 Å². The van der Waals surface area contributed by atoms with E-state index in [1.807, 2.05) is 37.4 Å². The Morgan fingerprint density at radius 1 is 1.04 bits per heavy atom. The van der Waals surface area contributed by atoms with Crippen LogP contribution in [0.4, 0.5) is 0 Å². The minimum atomic E-state index is 0.331. The van der Waals surface area contributed by atoms with Gasteiger partial charge in [0.2, 0.25) is 0 Å². The molecule has 128 valence electrons. The van der Waals surface area contributed by atoms with Crippen LogP contribution in [0.5, 0.6) is 0 Å². The van der Waals surface area contributed by atoms with Gasteiger partial charge in [-0.25, -0.2) is 4.98 Å². The maximum atomic E-state index is 6.43. The van der Waals surface area contributed by atoms with Crippen molar-refractivity contribution in [1.29, 1.82) is 0 Å². The van der Waals surface area contributed by atoms with Crippen LogP contribution in [-0.2, 0) is 6.54 Å². The molecule has 0 unspecified atom stereocenters. The highest BCUT2D eigenvalue weighted by Crippen LogP contribution is 2.40. The fraction of sp³-hybridized carbons (Fsp3) is 0.100. The second kappa shape index (κ2) is 6.81. The van der Waals surface area contributed by atoms with Crippen molar-refractivity contribution in [3.8, 4) is 23.0 Å². The Bertz CT molecular complexity index is 1220. The fourth-order valence-corrected chi connectivity index (χ4v) is 3.85. The summed E-state index contributed by atoms with van der Waals surface area (Å²) in [6.45, 7) is 2.36. The van der Waals surface area contributed by atoms with Gasteiger partial charge in [0.1, 0.15) is 10.3 Å². The monoisotopic (exact) mass is 399 g/mol. The van der Waals surface area contributed by atoms with E-state index < -0.39 is 0 Å². The molecule has 4 rings (SSSR count). The highest BCUT2D eigenvalue weighted by atomic mass is 35.5. The van der Waals surface area contributed by atoms with Crippen molar-refractivity contribution in [2.24, 2.45) is 0 Å². The first-order valence-corrected chi connectivity index (χ1v) is 9.01. The van der Waals surface area contributed by atoms with Crippen molar-refractivity contribution in [2.75, 3.05) is 0 Å². The van der Waals surface area contributed by atoms with E-state index in [1.54, 1.807) is 12.3 Å². The van der Waals surface area contributed by atoms with Crippen LogP contribution >= 0.6 is 34.8 Å². The average molecular weight is 401 g/mol. The molecule has 6 heteroatoms. The third kappa shape index (κ3) is 2.81. The van der Waals surface area contributed by atoms with Crippen molar-refractivity contribution in [1.82, 2.24) is 14.5 Å². The van der Waals surface area contributed by atoms with Gasteiger partial charge in [0.25, 0.3) is 0 Å². The summed E-state index contributed by atoms with van der Waals surface area (Å²) < 4.78 is 2.13. The Labute approximate surface area is 165 Å². The zero-order chi connectivity index (χ0) is 18.3. The number of hydrogen-bond acceptors (Lipinski definition) is 2. The molecule has 0 saturated heterocycles. The summed E-state index contributed by atoms with van der Waals surface area (Å²) in [5.74, 6) is 6.09. The molecule has 0 aliphatic heterocycles. The van der Waals surface area contributed by atoms with Gasteiger partial charge < -0.3 is 4.57 Å². The summed E-state index contributed by atoms with van der Waals surface area (Å²) in [5, 5.41) is 3.38. The Balaban J connectivity index is 2.17. The zero-order valence-corrected chi connectivity index (χ0v) is 16.0. The average Bonchev–Trinajstić information content (AvgIpc) is 2.93. The first-order chi connectivity index (χ1) is 12.6. The van der Waals surface area contributed by atoms with E-state index >= 15 is 0 Å². The number of hydrogen-bond donors (Lipinski definition) is 0. The van der Waals surface area contributed by atoms with Gasteiger partial charge in [0.05, 0.1) is 23.8 Å². The second-order valence-corrected chi connectivity index (χ2v) is 6.91. The summed E-state index contributed by atoms with van der Waals surface area (Å²) in [6, 6.07) is 9.40. The van der Waals surface area contributed by atoms with Gasteiger partial charge in [-0.2, -0.15) is 0 Å². The first-order valence-electron chi connectivity index (χ1n) is 7.87. The minimum absolute atomic E-state index is 0.331. The van der Waals surface area contributed by atoms with Gasteiger partial charge >= 0.3 is 0 Å². The molecule has 0 amide bonds. The summed E-state index contributed by atoms with van der Waals surface area (Å²) in [7, 11) is 0. The van der Waals surface area contributed by atoms with E-state index in [0.717, 1.165) is 32.9 Å². The predicted molar refractivity (Wildman–Crippen MR) is 109 cm³/mol. The van der Waals surface area contributed by atoms with Crippen LogP contribution in [0.3, 0.4) is 0 Å².